The Morgan fingerprint density at radius 2 is 1.86 bits per heavy atom. The summed E-state index contributed by atoms with van der Waals surface area (Å²) in [7, 11) is -1.21. The molecule has 1 heterocycles. The summed E-state index contributed by atoms with van der Waals surface area (Å²) in [5, 5.41) is 0.568. The van der Waals surface area contributed by atoms with Gasteiger partial charge in [0.15, 0.2) is 5.16 Å². The molecule has 0 saturated carbocycles. The van der Waals surface area contributed by atoms with Gasteiger partial charge >= 0.3 is 0 Å². The Morgan fingerprint density at radius 1 is 1.14 bits per heavy atom. The predicted molar refractivity (Wildman–Crippen MR) is 84.7 cm³/mol. The Labute approximate surface area is 134 Å². The lowest BCUT2D eigenvalue weighted by molar-refractivity contribution is 0.397. The first-order valence-electron chi connectivity index (χ1n) is 6.30. The summed E-state index contributed by atoms with van der Waals surface area (Å²) >= 11 is 1.39. The van der Waals surface area contributed by atoms with Crippen molar-refractivity contribution in [3.05, 3.63) is 30.0 Å². The van der Waals surface area contributed by atoms with Crippen molar-refractivity contribution in [2.45, 2.75) is 17.0 Å². The number of hydrogen-bond acceptors (Lipinski definition) is 7. The van der Waals surface area contributed by atoms with Crippen molar-refractivity contribution >= 4 is 21.9 Å². The van der Waals surface area contributed by atoms with E-state index >= 15 is 0 Å². The number of thioether (sulfide) groups is 1. The Morgan fingerprint density at radius 3 is 2.45 bits per heavy atom. The van der Waals surface area contributed by atoms with E-state index < -0.39 is 10.1 Å². The molecular formula is C14H16N2O4S2. The van der Waals surface area contributed by atoms with Crippen LogP contribution in [0.5, 0.6) is 5.75 Å². The maximum Gasteiger partial charge on any atom is 0.297 e. The number of methoxy groups -OCH3 is 1. The second-order valence-electron chi connectivity index (χ2n) is 4.36. The van der Waals surface area contributed by atoms with Gasteiger partial charge in [0.1, 0.15) is 10.6 Å². The number of rotatable bonds is 5. The van der Waals surface area contributed by atoms with Crippen molar-refractivity contribution in [1.82, 2.24) is 9.97 Å². The molecule has 22 heavy (non-hydrogen) atoms. The van der Waals surface area contributed by atoms with Gasteiger partial charge in [-0.05, 0) is 37.4 Å². The van der Waals surface area contributed by atoms with Gasteiger partial charge in [0.25, 0.3) is 10.1 Å². The highest BCUT2D eigenvalue weighted by atomic mass is 32.2. The van der Waals surface area contributed by atoms with Crippen LogP contribution < -0.4 is 4.74 Å². The molecular weight excluding hydrogens is 324 g/mol. The first-order chi connectivity index (χ1) is 10.4. The van der Waals surface area contributed by atoms with Crippen LogP contribution in [0.1, 0.15) is 5.69 Å². The van der Waals surface area contributed by atoms with E-state index in [-0.39, 0.29) is 4.90 Å². The Balaban J connectivity index is 2.74. The van der Waals surface area contributed by atoms with E-state index in [0.29, 0.717) is 22.2 Å². The molecule has 0 atom stereocenters. The van der Waals surface area contributed by atoms with Gasteiger partial charge in [0, 0.05) is 11.3 Å². The summed E-state index contributed by atoms with van der Waals surface area (Å²) < 4.78 is 34.1. The summed E-state index contributed by atoms with van der Waals surface area (Å²) in [5.41, 5.74) is 1.67. The summed E-state index contributed by atoms with van der Waals surface area (Å²) in [6.07, 6.45) is 1.86. The van der Waals surface area contributed by atoms with E-state index in [4.69, 9.17) is 4.74 Å². The average Bonchev–Trinajstić information content (AvgIpc) is 2.53. The minimum absolute atomic E-state index is 0.0425. The van der Waals surface area contributed by atoms with Crippen LogP contribution in [-0.4, -0.2) is 38.9 Å². The molecule has 0 aliphatic heterocycles. The standard InChI is InChI=1S/C14H16N2O4S2/c1-9-7-12(16-14(15-9)21-4)11-8-10(19-2)5-6-13(11)22(17,18)20-3/h5-8H,1-4H3. The van der Waals surface area contributed by atoms with E-state index in [0.717, 1.165) is 12.8 Å². The van der Waals surface area contributed by atoms with Gasteiger partial charge < -0.3 is 4.74 Å². The number of nitrogens with zero attached hydrogens (tertiary/aromatic N) is 2. The van der Waals surface area contributed by atoms with E-state index in [1.165, 1.54) is 24.9 Å². The van der Waals surface area contributed by atoms with Crippen LogP contribution in [0.4, 0.5) is 0 Å². The molecule has 0 bridgehead atoms. The van der Waals surface area contributed by atoms with Gasteiger partial charge in [-0.3, -0.25) is 4.18 Å². The smallest absolute Gasteiger partial charge is 0.297 e. The number of aromatic nitrogens is 2. The Bertz CT molecular complexity index is 791. The van der Waals surface area contributed by atoms with Gasteiger partial charge in [-0.25, -0.2) is 9.97 Å². The summed E-state index contributed by atoms with van der Waals surface area (Å²) in [6.45, 7) is 1.83. The lowest BCUT2D eigenvalue weighted by Gasteiger charge is -2.11. The van der Waals surface area contributed by atoms with E-state index in [1.807, 2.05) is 13.2 Å². The van der Waals surface area contributed by atoms with Crippen LogP contribution in [0.25, 0.3) is 11.3 Å². The van der Waals surface area contributed by atoms with Crippen LogP contribution in [0, 0.1) is 6.92 Å². The molecule has 0 fully saturated rings. The van der Waals surface area contributed by atoms with Crippen molar-refractivity contribution in [2.75, 3.05) is 20.5 Å². The van der Waals surface area contributed by atoms with Crippen LogP contribution in [0.2, 0.25) is 0 Å². The Kier molecular flexibility index (Phi) is 5.05. The highest BCUT2D eigenvalue weighted by Gasteiger charge is 2.21. The van der Waals surface area contributed by atoms with Gasteiger partial charge in [0.2, 0.25) is 0 Å². The summed E-state index contributed by atoms with van der Waals surface area (Å²) in [4.78, 5) is 8.70. The molecule has 0 N–H and O–H groups in total. The molecule has 0 amide bonds. The van der Waals surface area contributed by atoms with E-state index in [2.05, 4.69) is 14.2 Å². The van der Waals surface area contributed by atoms with Crippen LogP contribution >= 0.6 is 11.8 Å². The first-order valence-corrected chi connectivity index (χ1v) is 8.93. The molecule has 6 nitrogen and oxygen atoms in total. The van der Waals surface area contributed by atoms with Gasteiger partial charge in [-0.1, -0.05) is 11.8 Å². The average molecular weight is 340 g/mol. The Hall–Kier alpha value is -1.64. The zero-order valence-electron chi connectivity index (χ0n) is 12.7. The quantitative estimate of drug-likeness (QED) is 0.470. The molecule has 8 heteroatoms. The lowest BCUT2D eigenvalue weighted by Crippen LogP contribution is -2.06. The molecule has 0 aliphatic carbocycles. The predicted octanol–water partition coefficient (Wildman–Crippen LogP) is 2.52. The topological polar surface area (TPSA) is 78.4 Å². The van der Waals surface area contributed by atoms with E-state index in [9.17, 15) is 8.42 Å². The van der Waals surface area contributed by atoms with Crippen molar-refractivity contribution in [1.29, 1.82) is 0 Å². The largest absolute Gasteiger partial charge is 0.497 e. The van der Waals surface area contributed by atoms with Crippen LogP contribution in [0.15, 0.2) is 34.3 Å². The normalized spacial score (nSPS) is 11.5. The SMILES string of the molecule is COc1ccc(S(=O)(=O)OC)c(-c2cc(C)nc(SC)n2)c1. The molecule has 2 rings (SSSR count). The number of hydrogen-bond donors (Lipinski definition) is 0. The van der Waals surface area contributed by atoms with Gasteiger partial charge in [-0.15, -0.1) is 0 Å². The molecule has 0 unspecified atom stereocenters. The fourth-order valence-electron chi connectivity index (χ4n) is 1.91. The second kappa shape index (κ2) is 6.64. The molecule has 1 aromatic heterocycles. The summed E-state index contributed by atoms with van der Waals surface area (Å²) in [6, 6.07) is 6.36. The molecule has 2 aromatic rings. The number of ether oxygens (including phenoxy) is 1. The van der Waals surface area contributed by atoms with E-state index in [1.54, 1.807) is 18.2 Å². The third kappa shape index (κ3) is 3.40. The molecule has 118 valence electrons. The zero-order chi connectivity index (χ0) is 16.3. The highest BCUT2D eigenvalue weighted by Crippen LogP contribution is 2.31. The van der Waals surface area contributed by atoms with Crippen molar-refractivity contribution in [3.8, 4) is 17.0 Å². The maximum atomic E-state index is 12.1. The molecule has 1 aromatic carbocycles. The van der Waals surface area contributed by atoms with Crippen molar-refractivity contribution in [2.24, 2.45) is 0 Å². The van der Waals surface area contributed by atoms with Crippen LogP contribution in [0.3, 0.4) is 0 Å². The van der Waals surface area contributed by atoms with Crippen molar-refractivity contribution < 1.29 is 17.3 Å². The van der Waals surface area contributed by atoms with Crippen molar-refractivity contribution in [3.63, 3.8) is 0 Å². The molecule has 0 radical (unpaired) electrons. The number of benzene rings is 1. The van der Waals surface area contributed by atoms with Gasteiger partial charge in [-0.2, -0.15) is 8.42 Å². The van der Waals surface area contributed by atoms with Crippen LogP contribution in [-0.2, 0) is 14.3 Å². The molecule has 0 aliphatic rings. The highest BCUT2D eigenvalue weighted by molar-refractivity contribution is 7.98. The summed E-state index contributed by atoms with van der Waals surface area (Å²) in [5.74, 6) is 0.534. The lowest BCUT2D eigenvalue weighted by atomic mass is 10.1. The maximum absolute atomic E-state index is 12.1. The minimum atomic E-state index is -3.86. The fraction of sp³-hybridized carbons (Fsp3) is 0.286. The third-order valence-electron chi connectivity index (χ3n) is 2.97. The monoisotopic (exact) mass is 340 g/mol. The third-order valence-corrected chi connectivity index (χ3v) is 4.85. The fourth-order valence-corrected chi connectivity index (χ4v) is 3.19. The molecule has 0 saturated heterocycles. The minimum Gasteiger partial charge on any atom is -0.497 e. The number of aryl methyl sites for hydroxylation is 1. The second-order valence-corrected chi connectivity index (χ2v) is 6.82. The first kappa shape index (κ1) is 16.7. The molecule has 0 spiro atoms. The zero-order valence-corrected chi connectivity index (χ0v) is 14.3. The van der Waals surface area contributed by atoms with Gasteiger partial charge in [0.05, 0.1) is 19.9 Å².